The van der Waals surface area contributed by atoms with Gasteiger partial charge in [0.2, 0.25) is 5.88 Å². The van der Waals surface area contributed by atoms with Crippen LogP contribution in [0.15, 0.2) is 6.07 Å². The molecule has 0 saturated heterocycles. The minimum Gasteiger partial charge on any atom is -0.474 e. The van der Waals surface area contributed by atoms with Gasteiger partial charge in [-0.15, -0.1) is 0 Å². The summed E-state index contributed by atoms with van der Waals surface area (Å²) in [5, 5.41) is 0.446. The van der Waals surface area contributed by atoms with E-state index in [1.165, 1.54) is 6.42 Å². The lowest BCUT2D eigenvalue weighted by Gasteiger charge is -2.25. The van der Waals surface area contributed by atoms with E-state index in [-0.39, 0.29) is 0 Å². The second kappa shape index (κ2) is 3.50. The fourth-order valence-corrected chi connectivity index (χ4v) is 1.44. The molecule has 0 aliphatic heterocycles. The molecule has 1 aliphatic rings. The molecule has 0 aromatic carbocycles. The van der Waals surface area contributed by atoms with Gasteiger partial charge < -0.3 is 4.74 Å². The number of halogens is 1. The van der Waals surface area contributed by atoms with Crippen molar-refractivity contribution < 1.29 is 4.74 Å². The Morgan fingerprint density at radius 2 is 2.23 bits per heavy atom. The Morgan fingerprint density at radius 3 is 2.77 bits per heavy atom. The first kappa shape index (κ1) is 8.75. The topological polar surface area (TPSA) is 35.0 Å². The highest BCUT2D eigenvalue weighted by molar-refractivity contribution is 6.29. The number of nitrogens with zero attached hydrogens (tertiary/aromatic N) is 2. The summed E-state index contributed by atoms with van der Waals surface area (Å²) in [7, 11) is 0. The smallest absolute Gasteiger partial charge is 0.218 e. The summed E-state index contributed by atoms with van der Waals surface area (Å²) in [6, 6.07) is 1.66. The summed E-state index contributed by atoms with van der Waals surface area (Å²) >= 11 is 5.76. The molecule has 2 rings (SSSR count). The Labute approximate surface area is 82.1 Å². The lowest BCUT2D eigenvalue weighted by Crippen LogP contribution is -2.25. The predicted molar refractivity (Wildman–Crippen MR) is 50.0 cm³/mol. The third-order valence-corrected chi connectivity index (χ3v) is 2.32. The van der Waals surface area contributed by atoms with Crippen molar-refractivity contribution in [3.05, 3.63) is 17.0 Å². The van der Waals surface area contributed by atoms with Gasteiger partial charge in [-0.1, -0.05) is 11.6 Å². The van der Waals surface area contributed by atoms with Crippen LogP contribution in [0.5, 0.6) is 5.88 Å². The average molecular weight is 199 g/mol. The van der Waals surface area contributed by atoms with Gasteiger partial charge in [-0.2, -0.15) is 4.98 Å². The predicted octanol–water partition coefficient (Wildman–Crippen LogP) is 2.37. The van der Waals surface area contributed by atoms with Crippen LogP contribution >= 0.6 is 11.6 Å². The summed E-state index contributed by atoms with van der Waals surface area (Å²) in [6.45, 7) is 1.81. The van der Waals surface area contributed by atoms with Gasteiger partial charge in [0, 0.05) is 6.07 Å². The summed E-state index contributed by atoms with van der Waals surface area (Å²) < 4.78 is 5.58. The molecule has 1 saturated carbocycles. The van der Waals surface area contributed by atoms with Gasteiger partial charge >= 0.3 is 0 Å². The SMILES string of the molecule is Cc1nc(Cl)cc(OC2CCC2)n1. The van der Waals surface area contributed by atoms with Gasteiger partial charge in [0.1, 0.15) is 17.1 Å². The summed E-state index contributed by atoms with van der Waals surface area (Å²) in [4.78, 5) is 8.10. The zero-order chi connectivity index (χ0) is 9.26. The molecule has 1 aromatic heterocycles. The molecule has 1 fully saturated rings. The first-order valence-electron chi connectivity index (χ1n) is 4.42. The molecule has 1 aliphatic carbocycles. The van der Waals surface area contributed by atoms with Crippen molar-refractivity contribution in [2.45, 2.75) is 32.3 Å². The molecular formula is C9H11ClN2O. The average Bonchev–Trinajstić information content (AvgIpc) is 1.95. The number of aromatic nitrogens is 2. The van der Waals surface area contributed by atoms with Gasteiger partial charge in [0.05, 0.1) is 0 Å². The van der Waals surface area contributed by atoms with E-state index in [2.05, 4.69) is 9.97 Å². The van der Waals surface area contributed by atoms with Crippen LogP contribution in [0.2, 0.25) is 5.15 Å². The fraction of sp³-hybridized carbons (Fsp3) is 0.556. The molecule has 0 spiro atoms. The molecule has 13 heavy (non-hydrogen) atoms. The van der Waals surface area contributed by atoms with Crippen LogP contribution in [-0.4, -0.2) is 16.1 Å². The third kappa shape index (κ3) is 2.10. The molecule has 70 valence electrons. The normalized spacial score (nSPS) is 16.8. The first-order chi connectivity index (χ1) is 6.24. The van der Waals surface area contributed by atoms with E-state index >= 15 is 0 Å². The van der Waals surface area contributed by atoms with Gasteiger partial charge in [-0.05, 0) is 26.2 Å². The molecule has 0 N–H and O–H groups in total. The molecule has 1 heterocycles. The van der Waals surface area contributed by atoms with Crippen LogP contribution in [-0.2, 0) is 0 Å². The van der Waals surface area contributed by atoms with Crippen molar-refractivity contribution in [2.75, 3.05) is 0 Å². The van der Waals surface area contributed by atoms with Gasteiger partial charge in [-0.3, -0.25) is 0 Å². The molecule has 4 heteroatoms. The minimum absolute atomic E-state index is 0.338. The highest BCUT2D eigenvalue weighted by Gasteiger charge is 2.19. The highest BCUT2D eigenvalue weighted by atomic mass is 35.5. The van der Waals surface area contributed by atoms with Gasteiger partial charge in [-0.25, -0.2) is 4.98 Å². The monoisotopic (exact) mass is 198 g/mol. The standard InChI is InChI=1S/C9H11ClN2O/c1-6-11-8(10)5-9(12-6)13-7-3-2-4-7/h5,7H,2-4H2,1H3. The third-order valence-electron chi connectivity index (χ3n) is 2.12. The van der Waals surface area contributed by atoms with Crippen molar-refractivity contribution in [2.24, 2.45) is 0 Å². The number of hydrogen-bond donors (Lipinski definition) is 0. The minimum atomic E-state index is 0.338. The Hall–Kier alpha value is -0.830. The number of rotatable bonds is 2. The number of ether oxygens (including phenoxy) is 1. The largest absolute Gasteiger partial charge is 0.474 e. The second-order valence-corrected chi connectivity index (χ2v) is 3.63. The number of hydrogen-bond acceptors (Lipinski definition) is 3. The van der Waals surface area contributed by atoms with Crippen molar-refractivity contribution in [3.63, 3.8) is 0 Å². The summed E-state index contributed by atoms with van der Waals surface area (Å²) in [5.74, 6) is 1.25. The first-order valence-corrected chi connectivity index (χ1v) is 4.80. The van der Waals surface area contributed by atoms with Crippen LogP contribution in [0, 0.1) is 6.92 Å². The van der Waals surface area contributed by atoms with Crippen LogP contribution in [0.1, 0.15) is 25.1 Å². The van der Waals surface area contributed by atoms with Gasteiger partial charge in [0.15, 0.2) is 0 Å². The molecule has 0 amide bonds. The quantitative estimate of drug-likeness (QED) is 0.685. The Balaban J connectivity index is 2.10. The lowest BCUT2D eigenvalue weighted by molar-refractivity contribution is 0.114. The maximum absolute atomic E-state index is 5.76. The molecule has 0 bridgehead atoms. The van der Waals surface area contributed by atoms with E-state index in [0.29, 0.717) is 23.0 Å². The molecule has 1 aromatic rings. The fourth-order valence-electron chi connectivity index (χ4n) is 1.23. The van der Waals surface area contributed by atoms with Crippen molar-refractivity contribution >= 4 is 11.6 Å². The van der Waals surface area contributed by atoms with Crippen molar-refractivity contribution in [3.8, 4) is 5.88 Å². The lowest BCUT2D eigenvalue weighted by atomic mass is 9.96. The molecule has 0 atom stereocenters. The molecule has 3 nitrogen and oxygen atoms in total. The summed E-state index contributed by atoms with van der Waals surface area (Å²) in [5.41, 5.74) is 0. The van der Waals surface area contributed by atoms with Crippen LogP contribution < -0.4 is 4.74 Å². The van der Waals surface area contributed by atoms with Crippen LogP contribution in [0.3, 0.4) is 0 Å². The van der Waals surface area contributed by atoms with Crippen molar-refractivity contribution in [1.29, 1.82) is 0 Å². The Kier molecular flexibility index (Phi) is 2.36. The van der Waals surface area contributed by atoms with E-state index in [1.54, 1.807) is 13.0 Å². The zero-order valence-electron chi connectivity index (χ0n) is 7.46. The van der Waals surface area contributed by atoms with Crippen LogP contribution in [0.25, 0.3) is 0 Å². The van der Waals surface area contributed by atoms with Crippen LogP contribution in [0.4, 0.5) is 0 Å². The maximum Gasteiger partial charge on any atom is 0.218 e. The number of aryl methyl sites for hydroxylation is 1. The Morgan fingerprint density at radius 1 is 1.46 bits per heavy atom. The maximum atomic E-state index is 5.76. The zero-order valence-corrected chi connectivity index (χ0v) is 8.21. The van der Waals surface area contributed by atoms with E-state index in [1.807, 2.05) is 0 Å². The van der Waals surface area contributed by atoms with E-state index in [4.69, 9.17) is 16.3 Å². The highest BCUT2D eigenvalue weighted by Crippen LogP contribution is 2.24. The Bertz CT molecular complexity index is 292. The summed E-state index contributed by atoms with van der Waals surface area (Å²) in [6.07, 6.45) is 3.84. The van der Waals surface area contributed by atoms with E-state index in [0.717, 1.165) is 12.8 Å². The van der Waals surface area contributed by atoms with E-state index in [9.17, 15) is 0 Å². The molecule has 0 radical (unpaired) electrons. The van der Waals surface area contributed by atoms with Crippen molar-refractivity contribution in [1.82, 2.24) is 9.97 Å². The van der Waals surface area contributed by atoms with Gasteiger partial charge in [0.25, 0.3) is 0 Å². The molecule has 0 unspecified atom stereocenters. The second-order valence-electron chi connectivity index (χ2n) is 3.25. The van der Waals surface area contributed by atoms with E-state index < -0.39 is 0 Å². The molecular weight excluding hydrogens is 188 g/mol.